The third-order valence-electron chi connectivity index (χ3n) is 2.13. The lowest BCUT2D eigenvalue weighted by atomic mass is 10.1. The fourth-order valence-electron chi connectivity index (χ4n) is 1.16. The third kappa shape index (κ3) is 7.64. The van der Waals surface area contributed by atoms with Gasteiger partial charge in [-0.25, -0.2) is 5.43 Å². The lowest BCUT2D eigenvalue weighted by Gasteiger charge is -2.20. The molecule has 7 N–H and O–H groups in total. The Bertz CT molecular complexity index is 261. The number of aliphatic hydroxyl groups excluding tert-OH is 1. The molecule has 0 saturated carbocycles. The third-order valence-corrected chi connectivity index (χ3v) is 2.13. The summed E-state index contributed by atoms with van der Waals surface area (Å²) in [5.41, 5.74) is 13.2. The van der Waals surface area contributed by atoms with E-state index in [9.17, 15) is 14.7 Å². The number of hydrazine groups is 1. The van der Waals surface area contributed by atoms with Crippen molar-refractivity contribution in [3.8, 4) is 0 Å². The number of carboxylic acid groups (broad SMARTS) is 1. The highest BCUT2D eigenvalue weighted by Crippen LogP contribution is 2.01. The van der Waals surface area contributed by atoms with Crippen LogP contribution in [0.4, 0.5) is 0 Å². The Morgan fingerprint density at radius 2 is 2.06 bits per heavy atom. The monoisotopic (exact) mass is 248 g/mol. The normalized spacial score (nSPS) is 14.1. The molecule has 0 unspecified atom stereocenters. The number of carboxylic acids is 1. The summed E-state index contributed by atoms with van der Waals surface area (Å²) in [7, 11) is 1.41. The van der Waals surface area contributed by atoms with E-state index >= 15 is 0 Å². The number of hydrogen-bond donors (Lipinski definition) is 5. The lowest BCUT2D eigenvalue weighted by molar-refractivity contribution is -0.139. The standard InChI is InChI=1S/C9H20N4O4/c1-13(12-5-9(16)17)8(15)3-6(11)2-7(14)4-10/h6-7,12,14H,2-5,10-11H2,1H3,(H,16,17)/t6-,7-/m1/s1. The molecule has 0 aromatic carbocycles. The van der Waals surface area contributed by atoms with Crippen LogP contribution >= 0.6 is 0 Å². The zero-order chi connectivity index (χ0) is 13.4. The molecule has 0 radical (unpaired) electrons. The largest absolute Gasteiger partial charge is 0.480 e. The van der Waals surface area contributed by atoms with Gasteiger partial charge in [0, 0.05) is 26.1 Å². The highest BCUT2D eigenvalue weighted by Gasteiger charge is 2.16. The van der Waals surface area contributed by atoms with Crippen LogP contribution in [-0.2, 0) is 9.59 Å². The highest BCUT2D eigenvalue weighted by atomic mass is 16.4. The van der Waals surface area contributed by atoms with Crippen LogP contribution in [0.25, 0.3) is 0 Å². The summed E-state index contributed by atoms with van der Waals surface area (Å²) in [6, 6.07) is -0.505. The molecule has 2 atom stereocenters. The molecule has 0 spiro atoms. The fraction of sp³-hybridized carbons (Fsp3) is 0.778. The van der Waals surface area contributed by atoms with E-state index in [1.54, 1.807) is 0 Å². The summed E-state index contributed by atoms with van der Waals surface area (Å²) in [6.45, 7) is -0.252. The average molecular weight is 248 g/mol. The predicted molar refractivity (Wildman–Crippen MR) is 60.7 cm³/mol. The molecule has 0 aliphatic heterocycles. The Kier molecular flexibility index (Phi) is 7.39. The van der Waals surface area contributed by atoms with Gasteiger partial charge in [-0.1, -0.05) is 0 Å². The Morgan fingerprint density at radius 3 is 2.53 bits per heavy atom. The number of hydrogen-bond acceptors (Lipinski definition) is 6. The number of nitrogens with two attached hydrogens (primary N) is 2. The van der Waals surface area contributed by atoms with Crippen LogP contribution in [0.3, 0.4) is 0 Å². The summed E-state index contributed by atoms with van der Waals surface area (Å²) < 4.78 is 0. The number of amides is 1. The Morgan fingerprint density at radius 1 is 1.47 bits per heavy atom. The van der Waals surface area contributed by atoms with E-state index in [0.29, 0.717) is 0 Å². The lowest BCUT2D eigenvalue weighted by Crippen LogP contribution is -2.44. The smallest absolute Gasteiger partial charge is 0.319 e. The molecule has 0 aromatic heterocycles. The molecule has 0 rings (SSSR count). The molecule has 0 fully saturated rings. The second-order valence-electron chi connectivity index (χ2n) is 3.77. The summed E-state index contributed by atoms with van der Waals surface area (Å²) in [5, 5.41) is 18.7. The minimum absolute atomic E-state index is 0.0141. The van der Waals surface area contributed by atoms with Gasteiger partial charge in [0.25, 0.3) is 0 Å². The second kappa shape index (κ2) is 7.96. The molecule has 0 bridgehead atoms. The number of aliphatic carboxylic acids is 1. The maximum absolute atomic E-state index is 11.5. The average Bonchev–Trinajstić information content (AvgIpc) is 2.25. The van der Waals surface area contributed by atoms with Crippen molar-refractivity contribution in [1.29, 1.82) is 0 Å². The summed E-state index contributed by atoms with van der Waals surface area (Å²) in [6.07, 6.45) is -0.482. The first kappa shape index (κ1) is 15.8. The van der Waals surface area contributed by atoms with Gasteiger partial charge in [-0.3, -0.25) is 14.6 Å². The number of rotatable bonds is 8. The molecule has 8 heteroatoms. The van der Waals surface area contributed by atoms with E-state index in [2.05, 4.69) is 5.43 Å². The van der Waals surface area contributed by atoms with Crippen LogP contribution in [0.15, 0.2) is 0 Å². The van der Waals surface area contributed by atoms with E-state index in [-0.39, 0.29) is 31.8 Å². The molecular formula is C9H20N4O4. The van der Waals surface area contributed by atoms with Crippen LogP contribution in [-0.4, -0.2) is 59.4 Å². The van der Waals surface area contributed by atoms with E-state index in [1.165, 1.54) is 7.05 Å². The summed E-state index contributed by atoms with van der Waals surface area (Å²) in [5.74, 6) is -1.41. The first-order valence-electron chi connectivity index (χ1n) is 5.22. The van der Waals surface area contributed by atoms with Crippen molar-refractivity contribution in [2.45, 2.75) is 25.0 Å². The quantitative estimate of drug-likeness (QED) is 0.298. The molecule has 17 heavy (non-hydrogen) atoms. The van der Waals surface area contributed by atoms with Crippen LogP contribution in [0.5, 0.6) is 0 Å². The minimum atomic E-state index is -1.06. The molecule has 8 nitrogen and oxygen atoms in total. The molecule has 0 aliphatic rings. The number of nitrogens with zero attached hydrogens (tertiary/aromatic N) is 1. The van der Waals surface area contributed by atoms with Gasteiger partial charge >= 0.3 is 5.97 Å². The van der Waals surface area contributed by atoms with Gasteiger partial charge in [0.1, 0.15) is 6.54 Å². The molecule has 1 amide bonds. The summed E-state index contributed by atoms with van der Waals surface area (Å²) >= 11 is 0. The van der Waals surface area contributed by atoms with Crippen LogP contribution < -0.4 is 16.9 Å². The Balaban J connectivity index is 3.94. The molecule has 0 heterocycles. The molecule has 0 saturated heterocycles. The SMILES string of the molecule is CN(NCC(=O)O)C(=O)C[C@H](N)C[C@@H](O)CN. The van der Waals surface area contributed by atoms with Crippen LogP contribution in [0, 0.1) is 0 Å². The van der Waals surface area contributed by atoms with Crippen molar-refractivity contribution in [2.24, 2.45) is 11.5 Å². The molecule has 0 aromatic rings. The van der Waals surface area contributed by atoms with Gasteiger partial charge in [0.15, 0.2) is 0 Å². The Labute approximate surface area is 99.5 Å². The maximum atomic E-state index is 11.5. The second-order valence-corrected chi connectivity index (χ2v) is 3.77. The van der Waals surface area contributed by atoms with Crippen molar-refractivity contribution < 1.29 is 19.8 Å². The van der Waals surface area contributed by atoms with Crippen LogP contribution in [0.2, 0.25) is 0 Å². The Hall–Kier alpha value is -1.22. The fourth-order valence-corrected chi connectivity index (χ4v) is 1.16. The van der Waals surface area contributed by atoms with E-state index in [4.69, 9.17) is 16.6 Å². The molecular weight excluding hydrogens is 228 g/mol. The summed E-state index contributed by atoms with van der Waals surface area (Å²) in [4.78, 5) is 21.8. The maximum Gasteiger partial charge on any atom is 0.319 e. The molecule has 100 valence electrons. The van der Waals surface area contributed by atoms with Gasteiger partial charge in [0.05, 0.1) is 6.10 Å². The number of aliphatic hydroxyl groups is 1. The number of nitrogens with one attached hydrogen (secondary N) is 1. The number of carbonyl (C=O) groups is 2. The molecule has 0 aliphatic carbocycles. The van der Waals surface area contributed by atoms with Crippen molar-refractivity contribution in [3.63, 3.8) is 0 Å². The van der Waals surface area contributed by atoms with Gasteiger partial charge < -0.3 is 21.7 Å². The van der Waals surface area contributed by atoms with E-state index in [1.807, 2.05) is 0 Å². The van der Waals surface area contributed by atoms with Crippen molar-refractivity contribution >= 4 is 11.9 Å². The van der Waals surface area contributed by atoms with Crippen molar-refractivity contribution in [2.75, 3.05) is 20.1 Å². The van der Waals surface area contributed by atoms with Gasteiger partial charge in [-0.2, -0.15) is 0 Å². The minimum Gasteiger partial charge on any atom is -0.480 e. The first-order chi connectivity index (χ1) is 7.86. The predicted octanol–water partition coefficient (Wildman–Crippen LogP) is -2.54. The zero-order valence-electron chi connectivity index (χ0n) is 9.80. The van der Waals surface area contributed by atoms with Gasteiger partial charge in [-0.15, -0.1) is 0 Å². The topological polar surface area (TPSA) is 142 Å². The van der Waals surface area contributed by atoms with Gasteiger partial charge in [-0.05, 0) is 6.42 Å². The highest BCUT2D eigenvalue weighted by molar-refractivity contribution is 5.76. The van der Waals surface area contributed by atoms with Crippen LogP contribution in [0.1, 0.15) is 12.8 Å². The zero-order valence-corrected chi connectivity index (χ0v) is 9.80. The number of carbonyl (C=O) groups excluding carboxylic acids is 1. The van der Waals surface area contributed by atoms with E-state index < -0.39 is 18.1 Å². The van der Waals surface area contributed by atoms with Crippen molar-refractivity contribution in [1.82, 2.24) is 10.4 Å². The van der Waals surface area contributed by atoms with Crippen molar-refractivity contribution in [3.05, 3.63) is 0 Å². The van der Waals surface area contributed by atoms with Gasteiger partial charge in [0.2, 0.25) is 5.91 Å². The van der Waals surface area contributed by atoms with E-state index in [0.717, 1.165) is 5.01 Å². The first-order valence-corrected chi connectivity index (χ1v) is 5.22.